The first-order valence-electron chi connectivity index (χ1n) is 4.62. The second-order valence-corrected chi connectivity index (χ2v) is 3.81. The Hall–Kier alpha value is -1.23. The van der Waals surface area contributed by atoms with Crippen LogP contribution in [0.25, 0.3) is 0 Å². The summed E-state index contributed by atoms with van der Waals surface area (Å²) in [5, 5.41) is 10.6. The van der Waals surface area contributed by atoms with E-state index in [0.717, 1.165) is 18.7 Å². The number of pyridine rings is 1. The molecule has 0 aliphatic rings. The van der Waals surface area contributed by atoms with Gasteiger partial charge in [-0.1, -0.05) is 6.92 Å². The van der Waals surface area contributed by atoms with E-state index in [1.54, 1.807) is 6.07 Å². The van der Waals surface area contributed by atoms with Crippen LogP contribution in [0.4, 0.5) is 5.69 Å². The van der Waals surface area contributed by atoms with E-state index in [-0.39, 0.29) is 4.62 Å². The molecule has 15 heavy (non-hydrogen) atoms. The van der Waals surface area contributed by atoms with Crippen molar-refractivity contribution in [2.45, 2.75) is 13.3 Å². The summed E-state index contributed by atoms with van der Waals surface area (Å²) in [6.45, 7) is 2.85. The molecule has 0 saturated heterocycles. The largest absolute Gasteiger partial charge is 0.384 e. The normalized spacial score (nSPS) is 9.73. The van der Waals surface area contributed by atoms with E-state index in [4.69, 9.17) is 5.41 Å². The minimum absolute atomic E-state index is 0.256. The molecule has 80 valence electrons. The van der Waals surface area contributed by atoms with Crippen molar-refractivity contribution in [1.82, 2.24) is 4.98 Å². The molecule has 0 spiro atoms. The van der Waals surface area contributed by atoms with E-state index in [1.165, 1.54) is 6.20 Å². The van der Waals surface area contributed by atoms with Gasteiger partial charge in [-0.15, -0.1) is 0 Å². The third kappa shape index (κ3) is 3.13. The van der Waals surface area contributed by atoms with Gasteiger partial charge in [0.1, 0.15) is 10.3 Å². The molecule has 4 nitrogen and oxygen atoms in total. The van der Waals surface area contributed by atoms with Gasteiger partial charge in [0.05, 0.1) is 0 Å². The Labute approximate surface area is 96.7 Å². The minimum Gasteiger partial charge on any atom is -0.384 e. The Balaban J connectivity index is 3.04. The molecule has 1 aromatic heterocycles. The maximum atomic E-state index is 10.6. The lowest BCUT2D eigenvalue weighted by molar-refractivity contribution is 0.111. The van der Waals surface area contributed by atoms with E-state index in [0.29, 0.717) is 17.5 Å². The summed E-state index contributed by atoms with van der Waals surface area (Å²) in [6.07, 6.45) is 3.19. The fraction of sp³-hybridized carbons (Fsp3) is 0.300. The molecular formula is C10H12BrN3O. The SMILES string of the molecule is CCCNc1cc(C=O)ncc1C(=N)Br. The van der Waals surface area contributed by atoms with Gasteiger partial charge in [0, 0.05) is 24.0 Å². The van der Waals surface area contributed by atoms with Crippen molar-refractivity contribution in [3.8, 4) is 0 Å². The van der Waals surface area contributed by atoms with Crippen LogP contribution in [-0.4, -0.2) is 22.4 Å². The van der Waals surface area contributed by atoms with Gasteiger partial charge < -0.3 is 5.32 Å². The highest BCUT2D eigenvalue weighted by atomic mass is 79.9. The Kier molecular flexibility index (Phi) is 4.42. The van der Waals surface area contributed by atoms with Crippen LogP contribution in [0, 0.1) is 5.41 Å². The van der Waals surface area contributed by atoms with Gasteiger partial charge in [-0.2, -0.15) is 0 Å². The number of halogens is 1. The second-order valence-electron chi connectivity index (χ2n) is 3.01. The Morgan fingerprint density at radius 3 is 3.00 bits per heavy atom. The van der Waals surface area contributed by atoms with E-state index >= 15 is 0 Å². The fourth-order valence-corrected chi connectivity index (χ4v) is 1.43. The summed E-state index contributed by atoms with van der Waals surface area (Å²) in [7, 11) is 0. The monoisotopic (exact) mass is 269 g/mol. The first-order chi connectivity index (χ1) is 7.19. The van der Waals surface area contributed by atoms with Gasteiger partial charge >= 0.3 is 0 Å². The van der Waals surface area contributed by atoms with Crippen LogP contribution in [-0.2, 0) is 0 Å². The predicted octanol–water partition coefficient (Wildman–Crippen LogP) is 2.44. The average molecular weight is 270 g/mol. The van der Waals surface area contributed by atoms with Crippen LogP contribution >= 0.6 is 15.9 Å². The maximum Gasteiger partial charge on any atom is 0.168 e. The number of nitrogens with one attached hydrogen (secondary N) is 2. The van der Waals surface area contributed by atoms with Crippen molar-refractivity contribution in [2.75, 3.05) is 11.9 Å². The quantitative estimate of drug-likeness (QED) is 0.638. The lowest BCUT2D eigenvalue weighted by Crippen LogP contribution is -2.06. The summed E-state index contributed by atoms with van der Waals surface area (Å²) < 4.78 is 0.256. The number of rotatable bonds is 5. The van der Waals surface area contributed by atoms with E-state index < -0.39 is 0 Å². The summed E-state index contributed by atoms with van der Waals surface area (Å²) >= 11 is 3.09. The number of aldehydes is 1. The first-order valence-corrected chi connectivity index (χ1v) is 5.41. The molecule has 0 radical (unpaired) electrons. The Morgan fingerprint density at radius 2 is 2.47 bits per heavy atom. The topological polar surface area (TPSA) is 65.8 Å². The minimum atomic E-state index is 0.256. The molecule has 0 bridgehead atoms. The Morgan fingerprint density at radius 1 is 1.73 bits per heavy atom. The molecule has 0 aliphatic heterocycles. The molecular weight excluding hydrogens is 258 g/mol. The van der Waals surface area contributed by atoms with Gasteiger partial charge in [-0.3, -0.25) is 15.2 Å². The third-order valence-corrected chi connectivity index (χ3v) is 2.27. The molecule has 0 aliphatic carbocycles. The average Bonchev–Trinajstić information content (AvgIpc) is 2.25. The zero-order valence-electron chi connectivity index (χ0n) is 8.38. The van der Waals surface area contributed by atoms with E-state index in [2.05, 4.69) is 26.2 Å². The molecule has 1 rings (SSSR count). The molecule has 0 amide bonds. The zero-order valence-corrected chi connectivity index (χ0v) is 9.97. The zero-order chi connectivity index (χ0) is 11.3. The molecule has 0 saturated carbocycles. The van der Waals surface area contributed by atoms with Crippen LogP contribution in [0.15, 0.2) is 12.3 Å². The van der Waals surface area contributed by atoms with Crippen LogP contribution in [0.2, 0.25) is 0 Å². The van der Waals surface area contributed by atoms with Crippen molar-refractivity contribution in [2.24, 2.45) is 0 Å². The summed E-state index contributed by atoms with van der Waals surface area (Å²) in [4.78, 5) is 14.5. The molecule has 0 unspecified atom stereocenters. The lowest BCUT2D eigenvalue weighted by Gasteiger charge is -2.09. The number of carbonyl (C=O) groups excluding carboxylic acids is 1. The van der Waals surface area contributed by atoms with E-state index in [9.17, 15) is 4.79 Å². The van der Waals surface area contributed by atoms with Gasteiger partial charge in [0.25, 0.3) is 0 Å². The smallest absolute Gasteiger partial charge is 0.168 e. The van der Waals surface area contributed by atoms with Gasteiger partial charge in [0.2, 0.25) is 0 Å². The number of nitrogens with zero attached hydrogens (tertiary/aromatic N) is 1. The molecule has 0 fully saturated rings. The van der Waals surface area contributed by atoms with Crippen molar-refractivity contribution in [3.63, 3.8) is 0 Å². The molecule has 2 N–H and O–H groups in total. The van der Waals surface area contributed by atoms with Crippen LogP contribution in [0.5, 0.6) is 0 Å². The van der Waals surface area contributed by atoms with Crippen molar-refractivity contribution in [1.29, 1.82) is 5.41 Å². The van der Waals surface area contributed by atoms with Crippen LogP contribution < -0.4 is 5.32 Å². The van der Waals surface area contributed by atoms with Crippen molar-refractivity contribution < 1.29 is 4.79 Å². The van der Waals surface area contributed by atoms with Crippen LogP contribution in [0.1, 0.15) is 29.4 Å². The standard InChI is InChI=1S/C10H12BrN3O/c1-2-3-13-9-4-7(6-15)14-5-8(9)10(11)12/h4-6,12H,2-3H2,1H3,(H,13,14). The lowest BCUT2D eigenvalue weighted by atomic mass is 10.2. The highest BCUT2D eigenvalue weighted by Crippen LogP contribution is 2.18. The van der Waals surface area contributed by atoms with E-state index in [1.807, 2.05) is 6.92 Å². The summed E-state index contributed by atoms with van der Waals surface area (Å²) in [6, 6.07) is 1.65. The summed E-state index contributed by atoms with van der Waals surface area (Å²) in [5.41, 5.74) is 1.79. The van der Waals surface area contributed by atoms with Crippen molar-refractivity contribution >= 4 is 32.5 Å². The van der Waals surface area contributed by atoms with Gasteiger partial charge in [0.15, 0.2) is 6.29 Å². The second kappa shape index (κ2) is 5.60. The van der Waals surface area contributed by atoms with Crippen molar-refractivity contribution in [3.05, 3.63) is 23.5 Å². The number of hydrogen-bond acceptors (Lipinski definition) is 4. The van der Waals surface area contributed by atoms with Crippen LogP contribution in [0.3, 0.4) is 0 Å². The molecule has 1 heterocycles. The molecule has 1 aromatic rings. The molecule has 0 aromatic carbocycles. The summed E-state index contributed by atoms with van der Waals surface area (Å²) in [5.74, 6) is 0. The van der Waals surface area contributed by atoms with Gasteiger partial charge in [-0.05, 0) is 28.4 Å². The number of aromatic nitrogens is 1. The first kappa shape index (κ1) is 11.8. The fourth-order valence-electron chi connectivity index (χ4n) is 1.12. The molecule has 5 heteroatoms. The number of carbonyl (C=O) groups is 1. The molecule has 0 atom stereocenters. The third-order valence-electron chi connectivity index (χ3n) is 1.85. The highest BCUT2D eigenvalue weighted by molar-refractivity contribution is 9.18. The Bertz CT molecular complexity index is 379. The predicted molar refractivity (Wildman–Crippen MR) is 64.2 cm³/mol. The maximum absolute atomic E-state index is 10.6. The van der Waals surface area contributed by atoms with Gasteiger partial charge in [-0.25, -0.2) is 0 Å². The number of anilines is 1. The number of hydrogen-bond donors (Lipinski definition) is 2. The highest BCUT2D eigenvalue weighted by Gasteiger charge is 2.07.